The number of carbonyl (C=O) groups excluding carboxylic acids is 1. The molecule has 0 bridgehead atoms. The van der Waals surface area contributed by atoms with Crippen molar-refractivity contribution in [3.05, 3.63) is 59.2 Å². The minimum atomic E-state index is -0.740. The maximum Gasteiger partial charge on any atom is 0.343 e. The number of carboxylic acid groups (broad SMARTS) is 2. The average Bonchev–Trinajstić information content (AvgIpc) is 3.04. The molecule has 0 aliphatic carbocycles. The van der Waals surface area contributed by atoms with Crippen molar-refractivity contribution in [2.45, 2.75) is 220 Å². The van der Waals surface area contributed by atoms with Crippen molar-refractivity contribution in [3.63, 3.8) is 0 Å². The maximum atomic E-state index is 12.6. The molecular weight excluding hydrogens is 729 g/mol. The fourth-order valence-electron chi connectivity index (χ4n) is 7.84. The van der Waals surface area contributed by atoms with Crippen LogP contribution in [-0.4, -0.2) is 55.4 Å². The summed E-state index contributed by atoms with van der Waals surface area (Å²) in [5.41, 5.74) is 2.82. The van der Waals surface area contributed by atoms with Crippen LogP contribution < -0.4 is 15.4 Å². The second-order valence-electron chi connectivity index (χ2n) is 21.0. The van der Waals surface area contributed by atoms with Crippen molar-refractivity contribution in [2.24, 2.45) is 0 Å². The van der Waals surface area contributed by atoms with Gasteiger partial charge in [0.25, 0.3) is 0 Å². The molecule has 0 radical (unpaired) electrons. The first-order chi connectivity index (χ1) is 26.5. The van der Waals surface area contributed by atoms with Gasteiger partial charge in [0, 0.05) is 46.1 Å². The van der Waals surface area contributed by atoms with Crippen LogP contribution >= 0.6 is 0 Å². The lowest BCUT2D eigenvalue weighted by molar-refractivity contribution is -0.138. The second-order valence-corrected chi connectivity index (χ2v) is 21.0. The number of phenolic OH excluding ortho intramolecular Hbond substituents is 1. The molecule has 2 aromatic carbocycles. The number of aromatic hydroxyl groups is 1. The Bertz CT molecular complexity index is 1450. The lowest BCUT2D eigenvalue weighted by Gasteiger charge is -2.42. The van der Waals surface area contributed by atoms with Gasteiger partial charge in [-0.1, -0.05) is 85.4 Å². The SMILES string of the molecule is CC(C)(C)c1cc(C(=O)Oc2ccccc2)cc(C(C)(C)C)c1O.CC1(C)CCCC(C)(C)N1.CC1(C)CCCC(C)(C)N1.O=C(O)CCCCCCCCC(=O)O. The van der Waals surface area contributed by atoms with Crippen molar-refractivity contribution < 1.29 is 34.4 Å². The summed E-state index contributed by atoms with van der Waals surface area (Å²) in [7, 11) is 0. The summed E-state index contributed by atoms with van der Waals surface area (Å²) in [6.07, 6.45) is 13.8. The highest BCUT2D eigenvalue weighted by atomic mass is 16.5. The number of nitrogens with one attached hydrogen (secondary N) is 2. The number of carboxylic acids is 2. The monoisotopic (exact) mass is 811 g/mol. The van der Waals surface area contributed by atoms with Gasteiger partial charge in [-0.05, 0) is 142 Å². The first-order valence-corrected chi connectivity index (χ1v) is 21.6. The summed E-state index contributed by atoms with van der Waals surface area (Å²) >= 11 is 0. The van der Waals surface area contributed by atoms with E-state index in [1.54, 1.807) is 24.3 Å². The molecule has 2 saturated heterocycles. The van der Waals surface area contributed by atoms with Crippen LogP contribution in [0.2, 0.25) is 0 Å². The van der Waals surface area contributed by atoms with Gasteiger partial charge in [-0.25, -0.2) is 4.79 Å². The molecule has 2 aliphatic rings. The van der Waals surface area contributed by atoms with Gasteiger partial charge in [0.1, 0.15) is 11.5 Å². The van der Waals surface area contributed by atoms with Crippen molar-refractivity contribution in [2.75, 3.05) is 0 Å². The molecular formula is C49H82N2O7. The summed E-state index contributed by atoms with van der Waals surface area (Å²) in [5.74, 6) is -1.14. The molecule has 9 nitrogen and oxygen atoms in total. The Morgan fingerprint density at radius 2 is 0.914 bits per heavy atom. The van der Waals surface area contributed by atoms with Gasteiger partial charge in [-0.15, -0.1) is 0 Å². The van der Waals surface area contributed by atoms with E-state index in [1.807, 2.05) is 59.7 Å². The van der Waals surface area contributed by atoms with Crippen LogP contribution in [-0.2, 0) is 20.4 Å². The highest BCUT2D eigenvalue weighted by molar-refractivity contribution is 5.92. The molecule has 0 unspecified atom stereocenters. The quantitative estimate of drug-likeness (QED) is 0.0850. The van der Waals surface area contributed by atoms with E-state index in [0.29, 0.717) is 33.5 Å². The van der Waals surface area contributed by atoms with Gasteiger partial charge in [0.15, 0.2) is 0 Å². The Morgan fingerprint density at radius 1 is 0.586 bits per heavy atom. The molecule has 330 valence electrons. The summed E-state index contributed by atoms with van der Waals surface area (Å²) in [5, 5.41) is 34.7. The van der Waals surface area contributed by atoms with Crippen LogP contribution in [0.5, 0.6) is 11.5 Å². The van der Waals surface area contributed by atoms with Crippen LogP contribution in [0, 0.1) is 0 Å². The Labute approximate surface area is 352 Å². The molecule has 0 aromatic heterocycles. The number of hydrogen-bond donors (Lipinski definition) is 5. The summed E-state index contributed by atoms with van der Waals surface area (Å²) in [6, 6.07) is 12.5. The fourth-order valence-corrected chi connectivity index (χ4v) is 7.84. The topological polar surface area (TPSA) is 145 Å². The van der Waals surface area contributed by atoms with Crippen LogP contribution in [0.25, 0.3) is 0 Å². The average molecular weight is 811 g/mol. The van der Waals surface area contributed by atoms with E-state index in [0.717, 1.165) is 49.7 Å². The number of phenols is 1. The molecule has 5 N–H and O–H groups in total. The minimum absolute atomic E-state index is 0.245. The van der Waals surface area contributed by atoms with E-state index in [-0.39, 0.29) is 29.4 Å². The Hall–Kier alpha value is -3.43. The number of ether oxygens (including phenoxy) is 1. The van der Waals surface area contributed by atoms with Crippen molar-refractivity contribution in [3.8, 4) is 11.5 Å². The third kappa shape index (κ3) is 22.1. The largest absolute Gasteiger partial charge is 0.507 e. The number of esters is 1. The molecule has 0 amide bonds. The maximum absolute atomic E-state index is 12.6. The van der Waals surface area contributed by atoms with E-state index < -0.39 is 17.9 Å². The van der Waals surface area contributed by atoms with Gasteiger partial charge in [0.05, 0.1) is 5.56 Å². The Kier molecular flexibility index (Phi) is 20.7. The highest BCUT2D eigenvalue weighted by Gasteiger charge is 2.33. The molecule has 0 saturated carbocycles. The molecule has 0 atom stereocenters. The number of para-hydroxylation sites is 1. The van der Waals surface area contributed by atoms with Crippen LogP contribution in [0.15, 0.2) is 42.5 Å². The predicted molar refractivity (Wildman–Crippen MR) is 239 cm³/mol. The van der Waals surface area contributed by atoms with Gasteiger partial charge in [-0.2, -0.15) is 0 Å². The smallest absolute Gasteiger partial charge is 0.343 e. The normalized spacial score (nSPS) is 17.8. The number of unbranched alkanes of at least 4 members (excludes halogenated alkanes) is 5. The number of benzene rings is 2. The van der Waals surface area contributed by atoms with Crippen molar-refractivity contribution in [1.29, 1.82) is 0 Å². The van der Waals surface area contributed by atoms with E-state index in [4.69, 9.17) is 14.9 Å². The third-order valence-electron chi connectivity index (χ3n) is 10.5. The van der Waals surface area contributed by atoms with Crippen molar-refractivity contribution in [1.82, 2.24) is 10.6 Å². The van der Waals surface area contributed by atoms with Gasteiger partial charge in [0.2, 0.25) is 0 Å². The number of rotatable bonds is 11. The predicted octanol–water partition coefficient (Wildman–Crippen LogP) is 12.1. The molecule has 4 rings (SSSR count). The van der Waals surface area contributed by atoms with E-state index in [1.165, 1.54) is 38.5 Å². The third-order valence-corrected chi connectivity index (χ3v) is 10.5. The Balaban J connectivity index is 0.000000420. The Morgan fingerprint density at radius 3 is 1.19 bits per heavy atom. The fraction of sp³-hybridized carbons (Fsp3) is 0.694. The zero-order chi connectivity index (χ0) is 44.6. The first-order valence-electron chi connectivity index (χ1n) is 21.6. The lowest BCUT2D eigenvalue weighted by Crippen LogP contribution is -2.55. The standard InChI is InChI=1S/C21H26O3.C10H18O4.2C9H19N/c1-20(2,3)16-12-14(13-17(18(16)22)21(4,5)6)19(23)24-15-10-8-7-9-11-15;11-9(12)7-5-3-1-2-4-6-8-10(13)14;2*1-8(2)6-5-7-9(3,4)10-8/h7-13,22H,1-6H3;1-8H2,(H,11,12)(H,13,14);2*10H,5-7H2,1-4H3. The highest BCUT2D eigenvalue weighted by Crippen LogP contribution is 2.40. The van der Waals surface area contributed by atoms with Gasteiger partial charge < -0.3 is 30.7 Å². The zero-order valence-electron chi connectivity index (χ0n) is 38.9. The molecule has 2 fully saturated rings. The molecule has 58 heavy (non-hydrogen) atoms. The second kappa shape index (κ2) is 22.8. The summed E-state index contributed by atoms with van der Waals surface area (Å²) in [4.78, 5) is 32.9. The van der Waals surface area contributed by atoms with E-state index in [9.17, 15) is 19.5 Å². The molecule has 0 spiro atoms. The first kappa shape index (κ1) is 52.6. The number of piperidine rings is 2. The van der Waals surface area contributed by atoms with Crippen LogP contribution in [0.1, 0.15) is 208 Å². The summed E-state index contributed by atoms with van der Waals surface area (Å²) < 4.78 is 5.46. The zero-order valence-corrected chi connectivity index (χ0v) is 38.9. The van der Waals surface area contributed by atoms with Gasteiger partial charge >= 0.3 is 17.9 Å². The van der Waals surface area contributed by atoms with Crippen LogP contribution in [0.4, 0.5) is 0 Å². The lowest BCUT2D eigenvalue weighted by atomic mass is 9.78. The molecule has 2 heterocycles. The van der Waals surface area contributed by atoms with Gasteiger partial charge in [-0.3, -0.25) is 9.59 Å². The van der Waals surface area contributed by atoms with Crippen molar-refractivity contribution >= 4 is 17.9 Å². The summed E-state index contributed by atoms with van der Waals surface area (Å²) in [6.45, 7) is 30.4. The van der Waals surface area contributed by atoms with Crippen LogP contribution in [0.3, 0.4) is 0 Å². The van der Waals surface area contributed by atoms with E-state index >= 15 is 0 Å². The number of aliphatic carboxylic acids is 2. The van der Waals surface area contributed by atoms with E-state index in [2.05, 4.69) is 66.0 Å². The number of hydrogen-bond acceptors (Lipinski definition) is 7. The number of carbonyl (C=O) groups is 3. The molecule has 2 aromatic rings. The minimum Gasteiger partial charge on any atom is -0.507 e. The molecule has 2 aliphatic heterocycles. The molecule has 9 heteroatoms.